The van der Waals surface area contributed by atoms with Gasteiger partial charge < -0.3 is 15.0 Å². The van der Waals surface area contributed by atoms with Crippen LogP contribution in [0.25, 0.3) is 0 Å². The second-order valence-corrected chi connectivity index (χ2v) is 5.31. The van der Waals surface area contributed by atoms with E-state index in [2.05, 4.69) is 11.4 Å². The van der Waals surface area contributed by atoms with Gasteiger partial charge in [-0.25, -0.2) is 0 Å². The van der Waals surface area contributed by atoms with Gasteiger partial charge >= 0.3 is 5.70 Å². The average molecular weight is 279 g/mol. The Hall–Kier alpha value is -1.82. The highest BCUT2D eigenvalue weighted by atomic mass is 16.6. The molecule has 1 unspecified atom stereocenters. The first-order chi connectivity index (χ1) is 9.49. The maximum Gasteiger partial charge on any atom is 0.326 e. The molecule has 0 aromatic rings. The molecule has 0 aliphatic carbocycles. The van der Waals surface area contributed by atoms with Crippen LogP contribution >= 0.6 is 0 Å². The molecule has 2 aliphatic rings. The van der Waals surface area contributed by atoms with E-state index in [1.54, 1.807) is 6.20 Å². The number of nitro groups is 1. The zero-order chi connectivity index (χ0) is 14.7. The highest BCUT2D eigenvalue weighted by molar-refractivity contribution is 5.33. The standard InChI is InChI=1S/C14H21N3O3/c1-10(2)20-14-8-12(11-4-6-15-7-5-11)16(3)9-13(14)17(18)19/h4,8-10,12,15H,5-7H2,1-3H3. The third-order valence-corrected chi connectivity index (χ3v) is 3.36. The van der Waals surface area contributed by atoms with E-state index >= 15 is 0 Å². The number of ether oxygens (including phenoxy) is 1. The summed E-state index contributed by atoms with van der Waals surface area (Å²) in [4.78, 5) is 12.6. The lowest BCUT2D eigenvalue weighted by Gasteiger charge is -2.32. The van der Waals surface area contributed by atoms with Gasteiger partial charge in [-0.15, -0.1) is 0 Å². The summed E-state index contributed by atoms with van der Waals surface area (Å²) in [6.45, 7) is 5.53. The zero-order valence-electron chi connectivity index (χ0n) is 12.1. The Labute approximate surface area is 118 Å². The van der Waals surface area contributed by atoms with Gasteiger partial charge in [0.15, 0.2) is 5.76 Å². The van der Waals surface area contributed by atoms with Crippen LogP contribution in [0.3, 0.4) is 0 Å². The fourth-order valence-corrected chi connectivity index (χ4v) is 2.45. The first-order valence-electron chi connectivity index (χ1n) is 6.85. The Morgan fingerprint density at radius 3 is 2.85 bits per heavy atom. The summed E-state index contributed by atoms with van der Waals surface area (Å²) in [6.07, 6.45) is 6.43. The molecule has 0 bridgehead atoms. The zero-order valence-corrected chi connectivity index (χ0v) is 12.1. The van der Waals surface area contributed by atoms with Gasteiger partial charge in [0, 0.05) is 13.6 Å². The van der Waals surface area contributed by atoms with Gasteiger partial charge in [0.1, 0.15) is 0 Å². The fraction of sp³-hybridized carbons (Fsp3) is 0.571. The number of hydrogen-bond acceptors (Lipinski definition) is 5. The monoisotopic (exact) mass is 279 g/mol. The SMILES string of the molecule is CC(C)OC1=CC(C2=CCNCC2)N(C)C=C1[N+](=O)[O-]. The van der Waals surface area contributed by atoms with Gasteiger partial charge in [-0.2, -0.15) is 0 Å². The molecule has 0 spiro atoms. The van der Waals surface area contributed by atoms with Crippen LogP contribution < -0.4 is 5.32 Å². The van der Waals surface area contributed by atoms with Crippen molar-refractivity contribution >= 4 is 0 Å². The van der Waals surface area contributed by atoms with E-state index in [9.17, 15) is 10.1 Å². The van der Waals surface area contributed by atoms with Crippen molar-refractivity contribution in [3.05, 3.63) is 45.5 Å². The Morgan fingerprint density at radius 1 is 1.55 bits per heavy atom. The predicted molar refractivity (Wildman–Crippen MR) is 76.5 cm³/mol. The first-order valence-corrected chi connectivity index (χ1v) is 6.85. The quantitative estimate of drug-likeness (QED) is 0.481. The van der Waals surface area contributed by atoms with Crippen LogP contribution in [0.4, 0.5) is 0 Å². The number of likely N-dealkylation sites (N-methyl/N-ethyl adjacent to an activating group) is 1. The van der Waals surface area contributed by atoms with E-state index in [1.165, 1.54) is 5.57 Å². The van der Waals surface area contributed by atoms with Crippen molar-refractivity contribution < 1.29 is 9.66 Å². The molecule has 0 saturated heterocycles. The second-order valence-electron chi connectivity index (χ2n) is 5.31. The Kier molecular flexibility index (Phi) is 4.44. The van der Waals surface area contributed by atoms with Crippen LogP contribution in [0.2, 0.25) is 0 Å². The van der Waals surface area contributed by atoms with Crippen LogP contribution in [0.5, 0.6) is 0 Å². The largest absolute Gasteiger partial charge is 0.484 e. The molecule has 2 heterocycles. The lowest BCUT2D eigenvalue weighted by molar-refractivity contribution is -0.426. The molecule has 0 fully saturated rings. The lowest BCUT2D eigenvalue weighted by Crippen LogP contribution is -2.36. The van der Waals surface area contributed by atoms with Crippen molar-refractivity contribution in [2.45, 2.75) is 32.4 Å². The molecule has 6 heteroatoms. The van der Waals surface area contributed by atoms with Crippen LogP contribution in [-0.2, 0) is 4.74 Å². The topological polar surface area (TPSA) is 67.6 Å². The summed E-state index contributed by atoms with van der Waals surface area (Å²) in [5.41, 5.74) is 1.29. The van der Waals surface area contributed by atoms with Crippen molar-refractivity contribution in [1.29, 1.82) is 0 Å². The van der Waals surface area contributed by atoms with Gasteiger partial charge in [0.25, 0.3) is 0 Å². The fourth-order valence-electron chi connectivity index (χ4n) is 2.45. The molecule has 1 N–H and O–H groups in total. The summed E-state index contributed by atoms with van der Waals surface area (Å²) >= 11 is 0. The Balaban J connectivity index is 2.29. The summed E-state index contributed by atoms with van der Waals surface area (Å²) in [5.74, 6) is 0.368. The normalized spacial score (nSPS) is 23.1. The number of rotatable bonds is 4. The molecule has 0 radical (unpaired) electrons. The van der Waals surface area contributed by atoms with E-state index in [4.69, 9.17) is 4.74 Å². The summed E-state index contributed by atoms with van der Waals surface area (Å²) in [7, 11) is 1.86. The summed E-state index contributed by atoms with van der Waals surface area (Å²) < 4.78 is 5.62. The minimum Gasteiger partial charge on any atom is -0.484 e. The molecule has 110 valence electrons. The van der Waals surface area contributed by atoms with Crippen LogP contribution in [0.1, 0.15) is 20.3 Å². The third kappa shape index (κ3) is 3.19. The van der Waals surface area contributed by atoms with Crippen molar-refractivity contribution in [1.82, 2.24) is 10.2 Å². The molecular formula is C14H21N3O3. The number of hydrogen-bond donors (Lipinski definition) is 1. The summed E-state index contributed by atoms with van der Waals surface area (Å²) in [5, 5.41) is 14.4. The minimum atomic E-state index is -0.391. The predicted octanol–water partition coefficient (Wildman–Crippen LogP) is 1.65. The third-order valence-electron chi connectivity index (χ3n) is 3.36. The maximum absolute atomic E-state index is 11.1. The molecule has 2 aliphatic heterocycles. The smallest absolute Gasteiger partial charge is 0.326 e. The Morgan fingerprint density at radius 2 is 2.30 bits per heavy atom. The van der Waals surface area contributed by atoms with E-state index in [-0.39, 0.29) is 17.8 Å². The van der Waals surface area contributed by atoms with Gasteiger partial charge in [-0.3, -0.25) is 10.1 Å². The van der Waals surface area contributed by atoms with Crippen molar-refractivity contribution in [3.63, 3.8) is 0 Å². The minimum absolute atomic E-state index is 0.0204. The molecule has 0 aromatic carbocycles. The van der Waals surface area contributed by atoms with Crippen molar-refractivity contribution in [2.24, 2.45) is 0 Å². The maximum atomic E-state index is 11.1. The average Bonchev–Trinajstić information content (AvgIpc) is 2.40. The highest BCUT2D eigenvalue weighted by Gasteiger charge is 2.30. The second kappa shape index (κ2) is 6.09. The number of nitrogens with zero attached hydrogens (tertiary/aromatic N) is 2. The first kappa shape index (κ1) is 14.6. The molecule has 2 rings (SSSR count). The lowest BCUT2D eigenvalue weighted by atomic mass is 9.97. The molecule has 6 nitrogen and oxygen atoms in total. The molecular weight excluding hydrogens is 258 g/mol. The van der Waals surface area contributed by atoms with Crippen molar-refractivity contribution in [2.75, 3.05) is 20.1 Å². The molecule has 0 amide bonds. The molecule has 1 atom stereocenters. The molecule has 0 aromatic heterocycles. The Bertz CT molecular complexity index is 480. The molecule has 20 heavy (non-hydrogen) atoms. The van der Waals surface area contributed by atoms with E-state index < -0.39 is 4.92 Å². The van der Waals surface area contributed by atoms with Crippen LogP contribution in [0, 0.1) is 10.1 Å². The summed E-state index contributed by atoms with van der Waals surface area (Å²) in [6, 6.07) is 0.0366. The van der Waals surface area contributed by atoms with Gasteiger partial charge in [-0.05, 0) is 38.5 Å². The molecule has 0 saturated carbocycles. The van der Waals surface area contributed by atoms with Crippen molar-refractivity contribution in [3.8, 4) is 0 Å². The van der Waals surface area contributed by atoms with E-state index in [0.717, 1.165) is 19.5 Å². The van der Waals surface area contributed by atoms with Gasteiger partial charge in [0.2, 0.25) is 0 Å². The van der Waals surface area contributed by atoms with Crippen LogP contribution in [0.15, 0.2) is 35.4 Å². The highest BCUT2D eigenvalue weighted by Crippen LogP contribution is 2.27. The van der Waals surface area contributed by atoms with Crippen LogP contribution in [-0.4, -0.2) is 42.1 Å². The van der Waals surface area contributed by atoms with E-state index in [0.29, 0.717) is 5.76 Å². The van der Waals surface area contributed by atoms with Gasteiger partial charge in [0.05, 0.1) is 23.3 Å². The number of nitrogens with one attached hydrogen (secondary N) is 1. The van der Waals surface area contributed by atoms with E-state index in [1.807, 2.05) is 31.9 Å². The van der Waals surface area contributed by atoms with Gasteiger partial charge in [-0.1, -0.05) is 6.08 Å².